The van der Waals surface area contributed by atoms with Crippen molar-refractivity contribution in [3.63, 3.8) is 0 Å². The van der Waals surface area contributed by atoms with Gasteiger partial charge in [-0.25, -0.2) is 0 Å². The van der Waals surface area contributed by atoms with Gasteiger partial charge >= 0.3 is 5.97 Å². The molecule has 0 bridgehead atoms. The molecular weight excluding hydrogens is 212 g/mol. The summed E-state index contributed by atoms with van der Waals surface area (Å²) < 4.78 is 0. The summed E-state index contributed by atoms with van der Waals surface area (Å²) in [5, 5.41) is 22.0. The van der Waals surface area contributed by atoms with Gasteiger partial charge in [-0.15, -0.1) is 0 Å². The van der Waals surface area contributed by atoms with Gasteiger partial charge in [0, 0.05) is 17.3 Å². The number of benzene rings is 1. The summed E-state index contributed by atoms with van der Waals surface area (Å²) in [6.07, 6.45) is 0. The minimum Gasteiger partial charge on any atom is -0.480 e. The second-order valence-corrected chi connectivity index (χ2v) is 3.46. The number of carbonyl (C=O) groups is 1. The van der Waals surface area contributed by atoms with Crippen molar-refractivity contribution in [2.45, 2.75) is 19.9 Å². The van der Waals surface area contributed by atoms with E-state index in [0.717, 1.165) is 0 Å². The zero-order valence-electron chi connectivity index (χ0n) is 8.93. The molecule has 1 atom stereocenters. The lowest BCUT2D eigenvalue weighted by Crippen LogP contribution is -2.25. The van der Waals surface area contributed by atoms with Gasteiger partial charge in [-0.2, -0.15) is 0 Å². The maximum absolute atomic E-state index is 10.6. The SMILES string of the molecule is Cc1cc(N[C@H](C)C(=O)O)ccc1[N+](=O)[O-]. The molecule has 0 saturated carbocycles. The molecule has 0 heterocycles. The number of hydrogen-bond acceptors (Lipinski definition) is 4. The zero-order valence-corrected chi connectivity index (χ0v) is 8.93. The van der Waals surface area contributed by atoms with Crippen LogP contribution in [0.1, 0.15) is 12.5 Å². The number of aryl methyl sites for hydroxylation is 1. The molecule has 0 fully saturated rings. The molecule has 0 spiro atoms. The smallest absolute Gasteiger partial charge is 0.325 e. The maximum atomic E-state index is 10.6. The number of nitrogens with zero attached hydrogens (tertiary/aromatic N) is 1. The topological polar surface area (TPSA) is 92.5 Å². The highest BCUT2D eigenvalue weighted by molar-refractivity contribution is 5.76. The Bertz CT molecular complexity index is 431. The summed E-state index contributed by atoms with van der Waals surface area (Å²) in [6.45, 7) is 3.10. The summed E-state index contributed by atoms with van der Waals surface area (Å²) in [7, 11) is 0. The van der Waals surface area contributed by atoms with Crippen LogP contribution in [0, 0.1) is 17.0 Å². The fourth-order valence-corrected chi connectivity index (χ4v) is 1.26. The van der Waals surface area contributed by atoms with Crippen molar-refractivity contribution in [2.24, 2.45) is 0 Å². The third-order valence-corrected chi connectivity index (χ3v) is 2.15. The molecule has 0 aliphatic heterocycles. The third kappa shape index (κ3) is 2.69. The Labute approximate surface area is 92.0 Å². The number of rotatable bonds is 4. The molecule has 0 radical (unpaired) electrons. The van der Waals surface area contributed by atoms with E-state index in [1.165, 1.54) is 19.1 Å². The molecule has 6 nitrogen and oxygen atoms in total. The normalized spacial score (nSPS) is 11.9. The highest BCUT2D eigenvalue weighted by Crippen LogP contribution is 2.21. The van der Waals surface area contributed by atoms with E-state index in [-0.39, 0.29) is 5.69 Å². The molecule has 6 heteroatoms. The Balaban J connectivity index is 2.89. The summed E-state index contributed by atoms with van der Waals surface area (Å²) in [4.78, 5) is 20.7. The van der Waals surface area contributed by atoms with E-state index >= 15 is 0 Å². The largest absolute Gasteiger partial charge is 0.480 e. The van der Waals surface area contributed by atoms with Gasteiger partial charge in [-0.05, 0) is 26.0 Å². The van der Waals surface area contributed by atoms with E-state index in [1.54, 1.807) is 13.0 Å². The predicted octanol–water partition coefficient (Wildman–Crippen LogP) is 1.79. The second-order valence-electron chi connectivity index (χ2n) is 3.46. The first-order chi connectivity index (χ1) is 7.41. The molecule has 0 aliphatic carbocycles. The van der Waals surface area contributed by atoms with Crippen molar-refractivity contribution in [2.75, 3.05) is 5.32 Å². The van der Waals surface area contributed by atoms with Crippen LogP contribution in [0.25, 0.3) is 0 Å². The number of anilines is 1. The molecule has 1 aromatic rings. The van der Waals surface area contributed by atoms with E-state index in [2.05, 4.69) is 5.32 Å². The number of nitro groups is 1. The predicted molar refractivity (Wildman–Crippen MR) is 58.6 cm³/mol. The van der Waals surface area contributed by atoms with Gasteiger partial charge in [0.2, 0.25) is 0 Å². The van der Waals surface area contributed by atoms with Crippen LogP contribution in [0.2, 0.25) is 0 Å². The van der Waals surface area contributed by atoms with Crippen LogP contribution in [0.5, 0.6) is 0 Å². The quantitative estimate of drug-likeness (QED) is 0.600. The van der Waals surface area contributed by atoms with Crippen molar-refractivity contribution >= 4 is 17.3 Å². The second kappa shape index (κ2) is 4.61. The number of aliphatic carboxylic acids is 1. The van der Waals surface area contributed by atoms with E-state index < -0.39 is 16.9 Å². The number of hydrogen-bond donors (Lipinski definition) is 2. The van der Waals surface area contributed by atoms with E-state index in [0.29, 0.717) is 11.3 Å². The fraction of sp³-hybridized carbons (Fsp3) is 0.300. The summed E-state index contributed by atoms with van der Waals surface area (Å²) in [6, 6.07) is 3.66. The molecule has 0 aromatic heterocycles. The van der Waals surface area contributed by atoms with Crippen LogP contribution in [0.4, 0.5) is 11.4 Å². The van der Waals surface area contributed by atoms with E-state index in [9.17, 15) is 14.9 Å². The Morgan fingerprint density at radius 3 is 2.62 bits per heavy atom. The average Bonchev–Trinajstić information content (AvgIpc) is 2.16. The third-order valence-electron chi connectivity index (χ3n) is 2.15. The molecule has 2 N–H and O–H groups in total. The summed E-state index contributed by atoms with van der Waals surface area (Å²) >= 11 is 0. The van der Waals surface area contributed by atoms with Gasteiger partial charge in [0.05, 0.1) is 4.92 Å². The molecule has 16 heavy (non-hydrogen) atoms. The molecule has 0 aliphatic rings. The summed E-state index contributed by atoms with van der Waals surface area (Å²) in [5.41, 5.74) is 1.07. The first-order valence-corrected chi connectivity index (χ1v) is 4.66. The van der Waals surface area contributed by atoms with Crippen molar-refractivity contribution in [1.29, 1.82) is 0 Å². The Kier molecular flexibility index (Phi) is 3.44. The van der Waals surface area contributed by atoms with Crippen molar-refractivity contribution in [3.8, 4) is 0 Å². The molecule has 0 saturated heterocycles. The molecular formula is C10H12N2O4. The van der Waals surface area contributed by atoms with Crippen LogP contribution < -0.4 is 5.32 Å². The highest BCUT2D eigenvalue weighted by atomic mass is 16.6. The van der Waals surface area contributed by atoms with Gasteiger partial charge < -0.3 is 10.4 Å². The molecule has 0 amide bonds. The number of carboxylic acids is 1. The molecule has 0 unspecified atom stereocenters. The molecule has 86 valence electrons. The monoisotopic (exact) mass is 224 g/mol. The van der Waals surface area contributed by atoms with Crippen LogP contribution in [0.15, 0.2) is 18.2 Å². The maximum Gasteiger partial charge on any atom is 0.325 e. The number of carboxylic acid groups (broad SMARTS) is 1. The molecule has 1 rings (SSSR count). The first kappa shape index (κ1) is 12.0. The average molecular weight is 224 g/mol. The van der Waals surface area contributed by atoms with E-state index in [4.69, 9.17) is 5.11 Å². The van der Waals surface area contributed by atoms with Gasteiger partial charge in [-0.1, -0.05) is 0 Å². The molecule has 1 aromatic carbocycles. The lowest BCUT2D eigenvalue weighted by molar-refractivity contribution is -0.385. The summed E-state index contributed by atoms with van der Waals surface area (Å²) in [5.74, 6) is -0.976. The lowest BCUT2D eigenvalue weighted by Gasteiger charge is -2.11. The van der Waals surface area contributed by atoms with Crippen molar-refractivity contribution < 1.29 is 14.8 Å². The lowest BCUT2D eigenvalue weighted by atomic mass is 10.1. The van der Waals surface area contributed by atoms with Crippen LogP contribution in [-0.4, -0.2) is 22.0 Å². The number of nitro benzene ring substituents is 1. The minimum atomic E-state index is -0.976. The Morgan fingerprint density at radius 2 is 2.19 bits per heavy atom. The fourth-order valence-electron chi connectivity index (χ4n) is 1.26. The Morgan fingerprint density at radius 1 is 1.56 bits per heavy atom. The van der Waals surface area contributed by atoms with Crippen molar-refractivity contribution in [1.82, 2.24) is 0 Å². The van der Waals surface area contributed by atoms with Crippen LogP contribution >= 0.6 is 0 Å². The first-order valence-electron chi connectivity index (χ1n) is 4.66. The van der Waals surface area contributed by atoms with Crippen LogP contribution in [-0.2, 0) is 4.79 Å². The zero-order chi connectivity index (χ0) is 12.3. The van der Waals surface area contributed by atoms with Crippen molar-refractivity contribution in [3.05, 3.63) is 33.9 Å². The Hall–Kier alpha value is -2.11. The van der Waals surface area contributed by atoms with Gasteiger partial charge in [-0.3, -0.25) is 14.9 Å². The van der Waals surface area contributed by atoms with E-state index in [1.807, 2.05) is 0 Å². The van der Waals surface area contributed by atoms with Gasteiger partial charge in [0.1, 0.15) is 6.04 Å². The highest BCUT2D eigenvalue weighted by Gasteiger charge is 2.13. The number of nitrogens with one attached hydrogen (secondary N) is 1. The standard InChI is InChI=1S/C10H12N2O4/c1-6-5-8(11-7(2)10(13)14)3-4-9(6)12(15)16/h3-5,7,11H,1-2H3,(H,13,14)/t7-/m1/s1. The van der Waals surface area contributed by atoms with Crippen LogP contribution in [0.3, 0.4) is 0 Å². The van der Waals surface area contributed by atoms with Gasteiger partial charge in [0.15, 0.2) is 0 Å². The minimum absolute atomic E-state index is 0.0218. The van der Waals surface area contributed by atoms with Gasteiger partial charge in [0.25, 0.3) is 5.69 Å².